The van der Waals surface area contributed by atoms with Crippen LogP contribution in [0.2, 0.25) is 0 Å². The zero-order valence-corrected chi connectivity index (χ0v) is 13.2. The lowest BCUT2D eigenvalue weighted by Crippen LogP contribution is -2.00. The third-order valence-corrected chi connectivity index (χ3v) is 4.28. The molecule has 0 radical (unpaired) electrons. The van der Waals surface area contributed by atoms with Crippen molar-refractivity contribution in [2.24, 2.45) is 0 Å². The fraction of sp³-hybridized carbons (Fsp3) is 0.294. The van der Waals surface area contributed by atoms with E-state index in [4.69, 9.17) is 10.5 Å². The summed E-state index contributed by atoms with van der Waals surface area (Å²) in [5, 5.41) is 0. The van der Waals surface area contributed by atoms with E-state index in [9.17, 15) is 4.39 Å². The number of nitrogen functional groups attached to an aromatic ring is 1. The van der Waals surface area contributed by atoms with Gasteiger partial charge in [0.15, 0.2) is 0 Å². The first-order valence-corrected chi connectivity index (χ1v) is 7.92. The number of halogens is 1. The highest BCUT2D eigenvalue weighted by Gasteiger charge is 2.03. The topological polar surface area (TPSA) is 35.2 Å². The molecule has 0 aromatic heterocycles. The number of thioether (sulfide) groups is 1. The third kappa shape index (κ3) is 4.67. The maximum absolute atomic E-state index is 13.1. The molecule has 0 spiro atoms. The van der Waals surface area contributed by atoms with Crippen LogP contribution in [-0.2, 0) is 0 Å². The minimum atomic E-state index is -0.252. The summed E-state index contributed by atoms with van der Waals surface area (Å²) in [4.78, 5) is 0.793. The van der Waals surface area contributed by atoms with Gasteiger partial charge in [0.2, 0.25) is 0 Å². The maximum Gasteiger partial charge on any atom is 0.124 e. The van der Waals surface area contributed by atoms with E-state index in [1.54, 1.807) is 17.8 Å². The van der Waals surface area contributed by atoms with Gasteiger partial charge < -0.3 is 10.5 Å². The molecule has 0 aliphatic heterocycles. The van der Waals surface area contributed by atoms with E-state index >= 15 is 0 Å². The molecule has 4 heteroatoms. The Labute approximate surface area is 129 Å². The van der Waals surface area contributed by atoms with Gasteiger partial charge in [-0.15, -0.1) is 11.8 Å². The molecule has 0 fully saturated rings. The largest absolute Gasteiger partial charge is 0.493 e. The number of rotatable bonds is 6. The molecule has 2 aromatic carbocycles. The summed E-state index contributed by atoms with van der Waals surface area (Å²) in [6.45, 7) is 4.73. The first-order chi connectivity index (χ1) is 10.1. The maximum atomic E-state index is 13.1. The van der Waals surface area contributed by atoms with Crippen molar-refractivity contribution in [1.29, 1.82) is 0 Å². The summed E-state index contributed by atoms with van der Waals surface area (Å²) in [5.41, 5.74) is 8.77. The van der Waals surface area contributed by atoms with Crippen LogP contribution in [-0.4, -0.2) is 12.4 Å². The highest BCUT2D eigenvalue weighted by atomic mass is 32.2. The quantitative estimate of drug-likeness (QED) is 0.482. The number of ether oxygens (including phenoxy) is 1. The van der Waals surface area contributed by atoms with E-state index in [1.807, 2.05) is 13.0 Å². The first kappa shape index (κ1) is 15.7. The lowest BCUT2D eigenvalue weighted by atomic mass is 10.1. The average molecular weight is 305 g/mol. The highest BCUT2D eigenvalue weighted by molar-refractivity contribution is 7.99. The predicted molar refractivity (Wildman–Crippen MR) is 87.6 cm³/mol. The van der Waals surface area contributed by atoms with Crippen molar-refractivity contribution in [3.05, 3.63) is 53.3 Å². The van der Waals surface area contributed by atoms with Gasteiger partial charge >= 0.3 is 0 Å². The molecular formula is C17H20FNOS. The van der Waals surface area contributed by atoms with E-state index in [2.05, 4.69) is 19.1 Å². The van der Waals surface area contributed by atoms with Gasteiger partial charge in [0, 0.05) is 16.3 Å². The summed E-state index contributed by atoms with van der Waals surface area (Å²) >= 11 is 1.56. The molecule has 0 heterocycles. The number of nitrogens with two attached hydrogens (primary N) is 1. The molecule has 21 heavy (non-hydrogen) atoms. The van der Waals surface area contributed by atoms with E-state index in [-0.39, 0.29) is 5.82 Å². The first-order valence-electron chi connectivity index (χ1n) is 6.94. The van der Waals surface area contributed by atoms with Crippen LogP contribution in [0, 0.1) is 19.7 Å². The van der Waals surface area contributed by atoms with Gasteiger partial charge in [-0.2, -0.15) is 0 Å². The minimum absolute atomic E-state index is 0.252. The molecule has 0 saturated heterocycles. The van der Waals surface area contributed by atoms with Gasteiger partial charge in [0.25, 0.3) is 0 Å². The Bertz CT molecular complexity index is 562. The van der Waals surface area contributed by atoms with Gasteiger partial charge in [-0.25, -0.2) is 4.39 Å². The Morgan fingerprint density at radius 2 is 1.95 bits per heavy atom. The van der Waals surface area contributed by atoms with Crippen LogP contribution >= 0.6 is 11.8 Å². The fourth-order valence-corrected chi connectivity index (χ4v) is 2.83. The van der Waals surface area contributed by atoms with Gasteiger partial charge in [0.05, 0.1) is 6.61 Å². The zero-order chi connectivity index (χ0) is 15.2. The molecule has 0 bridgehead atoms. The van der Waals surface area contributed by atoms with E-state index in [0.717, 1.165) is 28.4 Å². The lowest BCUT2D eigenvalue weighted by molar-refractivity contribution is 0.316. The molecule has 2 nitrogen and oxygen atoms in total. The van der Waals surface area contributed by atoms with Crippen molar-refractivity contribution in [3.63, 3.8) is 0 Å². The molecule has 2 rings (SSSR count). The summed E-state index contributed by atoms with van der Waals surface area (Å²) in [6.07, 6.45) is 0.883. The van der Waals surface area contributed by atoms with Crippen LogP contribution < -0.4 is 10.5 Å². The molecule has 2 aromatic rings. The smallest absolute Gasteiger partial charge is 0.124 e. The van der Waals surface area contributed by atoms with Gasteiger partial charge in [0.1, 0.15) is 11.6 Å². The van der Waals surface area contributed by atoms with Gasteiger partial charge in [-0.3, -0.25) is 0 Å². The van der Waals surface area contributed by atoms with Crippen molar-refractivity contribution >= 4 is 17.4 Å². The van der Waals surface area contributed by atoms with Crippen molar-refractivity contribution in [1.82, 2.24) is 0 Å². The second kappa shape index (κ2) is 7.36. The van der Waals surface area contributed by atoms with Gasteiger partial charge in [-0.05, 0) is 55.7 Å². The van der Waals surface area contributed by atoms with Crippen LogP contribution in [0.1, 0.15) is 17.5 Å². The summed E-state index contributed by atoms with van der Waals surface area (Å²) < 4.78 is 18.9. The number of hydrogen-bond donors (Lipinski definition) is 1. The second-order valence-corrected chi connectivity index (χ2v) is 6.14. The van der Waals surface area contributed by atoms with Crippen LogP contribution in [0.25, 0.3) is 0 Å². The number of aryl methyl sites for hydroxylation is 2. The highest BCUT2D eigenvalue weighted by Crippen LogP contribution is 2.26. The Hall–Kier alpha value is -1.68. The van der Waals surface area contributed by atoms with E-state index in [0.29, 0.717) is 12.3 Å². The van der Waals surface area contributed by atoms with Crippen LogP contribution in [0.15, 0.2) is 41.3 Å². The fourth-order valence-electron chi connectivity index (χ4n) is 1.92. The Balaban J connectivity index is 1.77. The summed E-state index contributed by atoms with van der Waals surface area (Å²) in [5.74, 6) is 1.53. The molecule has 0 saturated carbocycles. The number of hydrogen-bond acceptors (Lipinski definition) is 3. The van der Waals surface area contributed by atoms with E-state index in [1.165, 1.54) is 17.7 Å². The Morgan fingerprint density at radius 3 is 2.76 bits per heavy atom. The molecular weight excluding hydrogens is 285 g/mol. The molecule has 0 amide bonds. The van der Waals surface area contributed by atoms with Crippen LogP contribution in [0.4, 0.5) is 10.1 Å². The van der Waals surface area contributed by atoms with Crippen molar-refractivity contribution in [2.45, 2.75) is 25.2 Å². The third-order valence-electron chi connectivity index (χ3n) is 3.12. The van der Waals surface area contributed by atoms with E-state index < -0.39 is 0 Å². The summed E-state index contributed by atoms with van der Waals surface area (Å²) in [6, 6.07) is 10.6. The Morgan fingerprint density at radius 1 is 1.14 bits per heavy atom. The molecule has 0 atom stereocenters. The van der Waals surface area contributed by atoms with Crippen molar-refractivity contribution < 1.29 is 9.13 Å². The average Bonchev–Trinajstić information content (AvgIpc) is 2.45. The zero-order valence-electron chi connectivity index (χ0n) is 12.4. The second-order valence-electron chi connectivity index (χ2n) is 5.00. The molecule has 0 aliphatic rings. The monoisotopic (exact) mass is 305 g/mol. The Kier molecular flexibility index (Phi) is 5.51. The van der Waals surface area contributed by atoms with Gasteiger partial charge in [-0.1, -0.05) is 12.1 Å². The number of anilines is 1. The van der Waals surface area contributed by atoms with Crippen molar-refractivity contribution in [3.8, 4) is 5.75 Å². The number of benzene rings is 2. The molecule has 0 aliphatic carbocycles. The molecule has 2 N–H and O–H groups in total. The predicted octanol–water partition coefficient (Wildman–Crippen LogP) is 4.59. The van der Waals surface area contributed by atoms with Crippen molar-refractivity contribution in [2.75, 3.05) is 18.1 Å². The SMILES string of the molecule is Cc1ccc(C)c(OCCCSc2cc(F)ccc2N)c1. The standard InChI is InChI=1S/C17H20FNOS/c1-12-4-5-13(2)16(10-12)20-8-3-9-21-17-11-14(18)6-7-15(17)19/h4-7,10-11H,3,8-9,19H2,1-2H3. The minimum Gasteiger partial charge on any atom is -0.493 e. The van der Waals surface area contributed by atoms with Crippen LogP contribution in [0.5, 0.6) is 5.75 Å². The summed E-state index contributed by atoms with van der Waals surface area (Å²) in [7, 11) is 0. The molecule has 0 unspecified atom stereocenters. The lowest BCUT2D eigenvalue weighted by Gasteiger charge is -2.10. The normalized spacial score (nSPS) is 10.6. The van der Waals surface area contributed by atoms with Crippen LogP contribution in [0.3, 0.4) is 0 Å². The molecule has 112 valence electrons.